The van der Waals surface area contributed by atoms with Crippen molar-refractivity contribution < 1.29 is 9.84 Å². The Bertz CT molecular complexity index is 747. The van der Waals surface area contributed by atoms with Crippen LogP contribution in [0.5, 0.6) is 5.75 Å². The standard InChI is InChI=1S/C21H25NO2/c1-20-9-7-17-16-6-4-15(24-2)13-14(16)3-5-18(17)19(20)8-10-21(20,23)11-12-22/h4,6-7,13,18-19,23H,3,5,8-11H2,1-2H3/t18-,19+,20+,21-/m1/s1. The predicted octanol–water partition coefficient (Wildman–Crippen LogP) is 4.11. The molecule has 1 aromatic rings. The fourth-order valence-corrected chi connectivity index (χ4v) is 5.60. The second kappa shape index (κ2) is 5.36. The number of allylic oxidation sites excluding steroid dienone is 2. The van der Waals surface area contributed by atoms with Gasteiger partial charge in [0.1, 0.15) is 5.75 Å². The van der Waals surface area contributed by atoms with Gasteiger partial charge in [-0.1, -0.05) is 19.1 Å². The highest BCUT2D eigenvalue weighted by molar-refractivity contribution is 5.74. The molecule has 0 aromatic heterocycles. The molecule has 3 nitrogen and oxygen atoms in total. The molecule has 0 heterocycles. The molecule has 0 radical (unpaired) electrons. The number of hydrogen-bond acceptors (Lipinski definition) is 3. The second-order valence-corrected chi connectivity index (χ2v) is 7.96. The summed E-state index contributed by atoms with van der Waals surface area (Å²) in [6.07, 6.45) is 7.46. The van der Waals surface area contributed by atoms with Crippen LogP contribution in [0.3, 0.4) is 0 Å². The van der Waals surface area contributed by atoms with E-state index in [1.807, 2.05) is 0 Å². The summed E-state index contributed by atoms with van der Waals surface area (Å²) >= 11 is 0. The lowest BCUT2D eigenvalue weighted by Gasteiger charge is -2.49. The van der Waals surface area contributed by atoms with Crippen LogP contribution in [0.25, 0.3) is 5.57 Å². The van der Waals surface area contributed by atoms with Crippen LogP contribution in [0.15, 0.2) is 24.3 Å². The molecule has 24 heavy (non-hydrogen) atoms. The van der Waals surface area contributed by atoms with Gasteiger partial charge in [-0.25, -0.2) is 0 Å². The Morgan fingerprint density at radius 3 is 2.96 bits per heavy atom. The van der Waals surface area contributed by atoms with Crippen LogP contribution in [0, 0.1) is 28.6 Å². The highest BCUT2D eigenvalue weighted by atomic mass is 16.5. The summed E-state index contributed by atoms with van der Waals surface area (Å²) in [6.45, 7) is 2.21. The van der Waals surface area contributed by atoms with Gasteiger partial charge >= 0.3 is 0 Å². The van der Waals surface area contributed by atoms with Crippen molar-refractivity contribution in [2.45, 2.75) is 51.0 Å². The van der Waals surface area contributed by atoms with Crippen molar-refractivity contribution in [1.82, 2.24) is 0 Å². The van der Waals surface area contributed by atoms with Crippen molar-refractivity contribution >= 4 is 5.57 Å². The van der Waals surface area contributed by atoms with Crippen LogP contribution in [0.1, 0.15) is 50.2 Å². The predicted molar refractivity (Wildman–Crippen MR) is 93.4 cm³/mol. The van der Waals surface area contributed by atoms with Gasteiger partial charge in [-0.2, -0.15) is 5.26 Å². The Morgan fingerprint density at radius 1 is 1.38 bits per heavy atom. The van der Waals surface area contributed by atoms with E-state index in [0.717, 1.165) is 37.9 Å². The van der Waals surface area contributed by atoms with Gasteiger partial charge in [0.2, 0.25) is 0 Å². The first kappa shape index (κ1) is 15.7. The number of methoxy groups -OCH3 is 1. The zero-order chi connectivity index (χ0) is 16.9. The topological polar surface area (TPSA) is 53.2 Å². The molecule has 1 saturated carbocycles. The average molecular weight is 323 g/mol. The third-order valence-corrected chi connectivity index (χ3v) is 7.10. The van der Waals surface area contributed by atoms with Crippen LogP contribution >= 0.6 is 0 Å². The van der Waals surface area contributed by atoms with Crippen LogP contribution in [-0.4, -0.2) is 17.8 Å². The average Bonchev–Trinajstić information content (AvgIpc) is 2.86. The minimum atomic E-state index is -0.825. The highest BCUT2D eigenvalue weighted by Gasteiger charge is 2.59. The van der Waals surface area contributed by atoms with Crippen molar-refractivity contribution in [3.05, 3.63) is 35.4 Å². The number of ether oxygens (including phenoxy) is 1. The molecule has 0 bridgehead atoms. The van der Waals surface area contributed by atoms with Gasteiger partial charge in [0, 0.05) is 5.41 Å². The molecule has 126 valence electrons. The lowest BCUT2D eigenvalue weighted by atomic mass is 9.57. The van der Waals surface area contributed by atoms with Gasteiger partial charge in [0.15, 0.2) is 0 Å². The fraction of sp³-hybridized carbons (Fsp3) is 0.571. The van der Waals surface area contributed by atoms with E-state index in [9.17, 15) is 10.4 Å². The number of rotatable bonds is 2. The maximum Gasteiger partial charge on any atom is 0.119 e. The molecule has 0 unspecified atom stereocenters. The van der Waals surface area contributed by atoms with Crippen molar-refractivity contribution in [1.29, 1.82) is 5.26 Å². The van der Waals surface area contributed by atoms with E-state index in [0.29, 0.717) is 11.8 Å². The smallest absolute Gasteiger partial charge is 0.119 e. The van der Waals surface area contributed by atoms with E-state index in [2.05, 4.69) is 37.3 Å². The zero-order valence-electron chi connectivity index (χ0n) is 14.5. The van der Waals surface area contributed by atoms with E-state index < -0.39 is 5.60 Å². The van der Waals surface area contributed by atoms with E-state index in [4.69, 9.17) is 4.74 Å². The van der Waals surface area contributed by atoms with E-state index in [1.165, 1.54) is 16.7 Å². The first-order valence-electron chi connectivity index (χ1n) is 8.99. The molecule has 1 fully saturated rings. The Morgan fingerprint density at radius 2 is 2.21 bits per heavy atom. The SMILES string of the molecule is COc1ccc2c(c1)CC[C@@H]1C2=CC[C@@]2(C)[C@H]1CC[C@@]2(O)CC#N. The zero-order valence-corrected chi connectivity index (χ0v) is 14.5. The minimum absolute atomic E-state index is 0.166. The molecule has 0 spiro atoms. The van der Waals surface area contributed by atoms with Crippen molar-refractivity contribution in [2.75, 3.05) is 7.11 Å². The molecule has 3 aliphatic rings. The van der Waals surface area contributed by atoms with Gasteiger partial charge in [-0.15, -0.1) is 0 Å². The third kappa shape index (κ3) is 1.99. The summed E-state index contributed by atoms with van der Waals surface area (Å²) in [6, 6.07) is 8.64. The third-order valence-electron chi connectivity index (χ3n) is 7.10. The highest BCUT2D eigenvalue weighted by Crippen LogP contribution is 2.63. The lowest BCUT2D eigenvalue weighted by Crippen LogP contribution is -2.48. The van der Waals surface area contributed by atoms with Crippen molar-refractivity contribution in [3.63, 3.8) is 0 Å². The molecule has 1 N–H and O–H groups in total. The summed E-state index contributed by atoms with van der Waals surface area (Å²) < 4.78 is 5.37. The first-order chi connectivity index (χ1) is 11.5. The first-order valence-corrected chi connectivity index (χ1v) is 8.99. The molecule has 3 aliphatic carbocycles. The summed E-state index contributed by atoms with van der Waals surface area (Å²) in [7, 11) is 1.72. The minimum Gasteiger partial charge on any atom is -0.497 e. The normalized spacial score (nSPS) is 36.8. The summed E-state index contributed by atoms with van der Waals surface area (Å²) in [5.74, 6) is 1.92. The molecule has 0 amide bonds. The van der Waals surface area contributed by atoms with Crippen molar-refractivity contribution in [3.8, 4) is 11.8 Å². The Kier molecular flexibility index (Phi) is 3.51. The number of aliphatic hydroxyl groups is 1. The number of fused-ring (bicyclic) bond motifs is 5. The molecular weight excluding hydrogens is 298 g/mol. The van der Waals surface area contributed by atoms with E-state index in [1.54, 1.807) is 7.11 Å². The number of aryl methyl sites for hydroxylation is 1. The maximum absolute atomic E-state index is 11.1. The molecule has 1 aromatic carbocycles. The monoisotopic (exact) mass is 323 g/mol. The van der Waals surface area contributed by atoms with E-state index >= 15 is 0 Å². The summed E-state index contributed by atoms with van der Waals surface area (Å²) in [4.78, 5) is 0. The number of benzene rings is 1. The molecule has 4 rings (SSSR count). The molecule has 0 aliphatic heterocycles. The van der Waals surface area contributed by atoms with Crippen LogP contribution in [0.4, 0.5) is 0 Å². The molecule has 0 saturated heterocycles. The van der Waals surface area contributed by atoms with Crippen LogP contribution < -0.4 is 4.74 Å². The van der Waals surface area contributed by atoms with Crippen LogP contribution in [0.2, 0.25) is 0 Å². The Labute approximate surface area is 143 Å². The molecule has 4 atom stereocenters. The van der Waals surface area contributed by atoms with Crippen LogP contribution in [-0.2, 0) is 6.42 Å². The quantitative estimate of drug-likeness (QED) is 0.891. The van der Waals surface area contributed by atoms with Gasteiger partial charge in [0.05, 0.1) is 25.2 Å². The largest absolute Gasteiger partial charge is 0.497 e. The van der Waals surface area contributed by atoms with Crippen molar-refractivity contribution in [2.24, 2.45) is 17.3 Å². The molecule has 3 heteroatoms. The summed E-state index contributed by atoms with van der Waals surface area (Å²) in [5.41, 5.74) is 3.22. The second-order valence-electron chi connectivity index (χ2n) is 7.96. The van der Waals surface area contributed by atoms with Gasteiger partial charge in [-0.05, 0) is 72.8 Å². The number of nitrogens with zero attached hydrogens (tertiary/aromatic N) is 1. The molecular formula is C21H25NO2. The Hall–Kier alpha value is -1.79. The maximum atomic E-state index is 11.1. The number of hydrogen-bond donors (Lipinski definition) is 1. The van der Waals surface area contributed by atoms with Gasteiger partial charge < -0.3 is 9.84 Å². The fourth-order valence-electron chi connectivity index (χ4n) is 5.60. The summed E-state index contributed by atoms with van der Waals surface area (Å²) in [5, 5.41) is 20.3. The number of nitriles is 1. The van der Waals surface area contributed by atoms with E-state index in [-0.39, 0.29) is 11.8 Å². The lowest BCUT2D eigenvalue weighted by molar-refractivity contribution is -0.0724. The Balaban J connectivity index is 1.74. The van der Waals surface area contributed by atoms with Gasteiger partial charge in [0.25, 0.3) is 0 Å². The van der Waals surface area contributed by atoms with Gasteiger partial charge in [-0.3, -0.25) is 0 Å².